The molecule has 0 saturated heterocycles. The average Bonchev–Trinajstić information content (AvgIpc) is 2.62. The quantitative estimate of drug-likeness (QED) is 0.778. The van der Waals surface area contributed by atoms with Crippen LogP contribution in [0.4, 0.5) is 5.69 Å². The van der Waals surface area contributed by atoms with Crippen molar-refractivity contribution in [1.29, 1.82) is 0 Å². The van der Waals surface area contributed by atoms with Crippen molar-refractivity contribution in [3.63, 3.8) is 0 Å². The number of nitrogens with zero attached hydrogens (tertiary/aromatic N) is 2. The van der Waals surface area contributed by atoms with E-state index in [1.165, 1.54) is 0 Å². The summed E-state index contributed by atoms with van der Waals surface area (Å²) >= 11 is 5.90. The van der Waals surface area contributed by atoms with Crippen molar-refractivity contribution in [3.8, 4) is 17.1 Å². The van der Waals surface area contributed by atoms with Gasteiger partial charge in [0.2, 0.25) is 5.88 Å². The molecule has 0 saturated carbocycles. The largest absolute Gasteiger partial charge is 0.480 e. The number of nitrogens with one attached hydrogen (secondary N) is 1. The zero-order chi connectivity index (χ0) is 16.9. The molecule has 0 bridgehead atoms. The van der Waals surface area contributed by atoms with Gasteiger partial charge in [0.05, 0.1) is 12.8 Å². The van der Waals surface area contributed by atoms with E-state index in [-0.39, 0.29) is 5.91 Å². The molecule has 1 aromatic heterocycles. The van der Waals surface area contributed by atoms with Gasteiger partial charge in [0.15, 0.2) is 0 Å². The fourth-order valence-corrected chi connectivity index (χ4v) is 2.33. The van der Waals surface area contributed by atoms with Crippen LogP contribution in [0.25, 0.3) is 11.3 Å². The maximum atomic E-state index is 12.2. The summed E-state index contributed by atoms with van der Waals surface area (Å²) < 4.78 is 4.99. The Morgan fingerprint density at radius 2 is 1.83 bits per heavy atom. The first kappa shape index (κ1) is 16.0. The molecule has 3 aromatic rings. The third-order valence-corrected chi connectivity index (χ3v) is 3.61. The standard InChI is InChI=1S/C18H14ClN3O2/c1-24-17-10-9-16(21-22-17)12-5-7-15(8-6-12)20-18(23)13-3-2-4-14(19)11-13/h2-11H,1H3,(H,20,23). The second kappa shape index (κ2) is 7.10. The van der Waals surface area contributed by atoms with E-state index in [4.69, 9.17) is 16.3 Å². The van der Waals surface area contributed by atoms with Crippen LogP contribution in [0.3, 0.4) is 0 Å². The first-order valence-electron chi connectivity index (χ1n) is 7.21. The third-order valence-electron chi connectivity index (χ3n) is 3.37. The number of carbonyl (C=O) groups excluding carboxylic acids is 1. The van der Waals surface area contributed by atoms with Crippen molar-refractivity contribution in [2.75, 3.05) is 12.4 Å². The van der Waals surface area contributed by atoms with Gasteiger partial charge in [-0.05, 0) is 36.4 Å². The highest BCUT2D eigenvalue weighted by Crippen LogP contribution is 2.21. The molecule has 1 amide bonds. The zero-order valence-corrected chi connectivity index (χ0v) is 13.6. The van der Waals surface area contributed by atoms with E-state index in [1.54, 1.807) is 37.4 Å². The molecule has 24 heavy (non-hydrogen) atoms. The lowest BCUT2D eigenvalue weighted by Gasteiger charge is -2.07. The fourth-order valence-electron chi connectivity index (χ4n) is 2.14. The van der Waals surface area contributed by atoms with Crippen LogP contribution in [0.15, 0.2) is 60.7 Å². The van der Waals surface area contributed by atoms with Crippen molar-refractivity contribution in [2.24, 2.45) is 0 Å². The van der Waals surface area contributed by atoms with Gasteiger partial charge in [0.25, 0.3) is 5.91 Å². The van der Waals surface area contributed by atoms with E-state index >= 15 is 0 Å². The lowest BCUT2D eigenvalue weighted by molar-refractivity contribution is 0.102. The van der Waals surface area contributed by atoms with Crippen LogP contribution in [0.2, 0.25) is 5.02 Å². The molecule has 6 heteroatoms. The van der Waals surface area contributed by atoms with Crippen LogP contribution < -0.4 is 10.1 Å². The van der Waals surface area contributed by atoms with E-state index in [1.807, 2.05) is 30.3 Å². The van der Waals surface area contributed by atoms with Crippen molar-refractivity contribution < 1.29 is 9.53 Å². The predicted octanol–water partition coefficient (Wildman–Crippen LogP) is 4.06. The Morgan fingerprint density at radius 1 is 1.04 bits per heavy atom. The summed E-state index contributed by atoms with van der Waals surface area (Å²) in [4.78, 5) is 12.2. The highest BCUT2D eigenvalue weighted by molar-refractivity contribution is 6.31. The van der Waals surface area contributed by atoms with E-state index in [0.717, 1.165) is 11.3 Å². The van der Waals surface area contributed by atoms with Crippen molar-refractivity contribution in [1.82, 2.24) is 10.2 Å². The SMILES string of the molecule is COc1ccc(-c2ccc(NC(=O)c3cccc(Cl)c3)cc2)nn1. The van der Waals surface area contributed by atoms with Gasteiger partial charge in [-0.3, -0.25) is 4.79 Å². The van der Waals surface area contributed by atoms with Gasteiger partial charge >= 0.3 is 0 Å². The van der Waals surface area contributed by atoms with Gasteiger partial charge in [-0.2, -0.15) is 0 Å². The lowest BCUT2D eigenvalue weighted by Crippen LogP contribution is -2.11. The Bertz CT molecular complexity index is 849. The first-order chi connectivity index (χ1) is 11.7. The lowest BCUT2D eigenvalue weighted by atomic mass is 10.1. The Balaban J connectivity index is 1.73. The Kier molecular flexibility index (Phi) is 4.72. The normalized spacial score (nSPS) is 10.2. The number of carbonyl (C=O) groups is 1. The molecule has 1 heterocycles. The van der Waals surface area contributed by atoms with Crippen LogP contribution >= 0.6 is 11.6 Å². The smallest absolute Gasteiger partial charge is 0.255 e. The zero-order valence-electron chi connectivity index (χ0n) is 12.9. The highest BCUT2D eigenvalue weighted by Gasteiger charge is 2.07. The van der Waals surface area contributed by atoms with Crippen molar-refractivity contribution >= 4 is 23.2 Å². The van der Waals surface area contributed by atoms with Crippen molar-refractivity contribution in [3.05, 3.63) is 71.2 Å². The van der Waals surface area contributed by atoms with Gasteiger partial charge in [0.1, 0.15) is 0 Å². The molecule has 3 rings (SSSR count). The molecule has 0 aliphatic rings. The molecule has 2 aromatic carbocycles. The van der Waals surface area contributed by atoms with E-state index in [9.17, 15) is 4.79 Å². The molecule has 120 valence electrons. The van der Waals surface area contributed by atoms with Gasteiger partial charge in [-0.1, -0.05) is 29.8 Å². The van der Waals surface area contributed by atoms with Crippen LogP contribution in [0.1, 0.15) is 10.4 Å². The Hall–Kier alpha value is -2.92. The number of hydrogen-bond donors (Lipinski definition) is 1. The average molecular weight is 340 g/mol. The Morgan fingerprint density at radius 3 is 2.46 bits per heavy atom. The summed E-state index contributed by atoms with van der Waals surface area (Å²) in [5.41, 5.74) is 2.81. The first-order valence-corrected chi connectivity index (χ1v) is 7.58. The number of aromatic nitrogens is 2. The van der Waals surface area contributed by atoms with Gasteiger partial charge < -0.3 is 10.1 Å². The molecule has 0 aliphatic heterocycles. The minimum absolute atomic E-state index is 0.213. The van der Waals surface area contributed by atoms with Crippen LogP contribution in [-0.2, 0) is 0 Å². The molecule has 0 fully saturated rings. The van der Waals surface area contributed by atoms with Crippen LogP contribution in [0.5, 0.6) is 5.88 Å². The minimum atomic E-state index is -0.213. The number of hydrogen-bond acceptors (Lipinski definition) is 4. The predicted molar refractivity (Wildman–Crippen MR) is 93.4 cm³/mol. The van der Waals surface area contributed by atoms with Gasteiger partial charge in [-0.25, -0.2) is 0 Å². The number of methoxy groups -OCH3 is 1. The molecular weight excluding hydrogens is 326 g/mol. The highest BCUT2D eigenvalue weighted by atomic mass is 35.5. The third kappa shape index (κ3) is 3.70. The molecule has 5 nitrogen and oxygen atoms in total. The number of anilines is 1. The summed E-state index contributed by atoms with van der Waals surface area (Å²) in [7, 11) is 1.54. The van der Waals surface area contributed by atoms with E-state index in [0.29, 0.717) is 22.2 Å². The topological polar surface area (TPSA) is 64.1 Å². The van der Waals surface area contributed by atoms with Gasteiger partial charge in [-0.15, -0.1) is 10.2 Å². The molecular formula is C18H14ClN3O2. The molecule has 0 unspecified atom stereocenters. The molecule has 0 spiro atoms. The second-order valence-electron chi connectivity index (χ2n) is 5.00. The summed E-state index contributed by atoms with van der Waals surface area (Å²) in [6.07, 6.45) is 0. The van der Waals surface area contributed by atoms with E-state index in [2.05, 4.69) is 15.5 Å². The summed E-state index contributed by atoms with van der Waals surface area (Å²) in [5, 5.41) is 11.4. The minimum Gasteiger partial charge on any atom is -0.480 e. The molecule has 0 radical (unpaired) electrons. The van der Waals surface area contributed by atoms with Crippen LogP contribution in [-0.4, -0.2) is 23.2 Å². The van der Waals surface area contributed by atoms with Crippen LogP contribution in [0, 0.1) is 0 Å². The number of benzene rings is 2. The maximum Gasteiger partial charge on any atom is 0.255 e. The Labute approximate surface area is 144 Å². The number of ether oxygens (including phenoxy) is 1. The molecule has 1 N–H and O–H groups in total. The van der Waals surface area contributed by atoms with Gasteiger partial charge in [0, 0.05) is 27.9 Å². The maximum absolute atomic E-state index is 12.2. The summed E-state index contributed by atoms with van der Waals surface area (Å²) in [5.74, 6) is 0.249. The summed E-state index contributed by atoms with van der Waals surface area (Å²) in [6, 6.07) is 17.7. The van der Waals surface area contributed by atoms with Crippen molar-refractivity contribution in [2.45, 2.75) is 0 Å². The second-order valence-corrected chi connectivity index (χ2v) is 5.44. The molecule has 0 atom stereocenters. The number of halogens is 1. The monoisotopic (exact) mass is 339 g/mol. The summed E-state index contributed by atoms with van der Waals surface area (Å²) in [6.45, 7) is 0. The number of rotatable bonds is 4. The van der Waals surface area contributed by atoms with E-state index < -0.39 is 0 Å². The fraction of sp³-hybridized carbons (Fsp3) is 0.0556. The number of amides is 1. The molecule has 0 aliphatic carbocycles.